The summed E-state index contributed by atoms with van der Waals surface area (Å²) < 4.78 is 5.66. The lowest BCUT2D eigenvalue weighted by molar-refractivity contribution is -0.138. The maximum atomic E-state index is 13.0. The number of aryl methyl sites for hydroxylation is 1. The third-order valence-electron chi connectivity index (χ3n) is 4.77. The first kappa shape index (κ1) is 20.1. The number of amides is 2. The highest BCUT2D eigenvalue weighted by atomic mass is 32.1. The minimum Gasteiger partial charge on any atom is -0.444 e. The molecule has 1 aliphatic rings. The number of carbonyl (C=O) groups excluding carboxylic acids is 3. The van der Waals surface area contributed by atoms with Crippen LogP contribution in [0.3, 0.4) is 0 Å². The molecule has 1 aromatic carbocycles. The van der Waals surface area contributed by atoms with Crippen molar-refractivity contribution >= 4 is 34.1 Å². The monoisotopic (exact) mass is 400 g/mol. The summed E-state index contributed by atoms with van der Waals surface area (Å²) in [5.41, 5.74) is 1.68. The molecule has 0 unspecified atom stereocenters. The number of esters is 1. The van der Waals surface area contributed by atoms with Crippen LogP contribution in [0.1, 0.15) is 45.3 Å². The van der Waals surface area contributed by atoms with E-state index >= 15 is 0 Å². The molecule has 1 aromatic heterocycles. The van der Waals surface area contributed by atoms with Crippen LogP contribution in [-0.4, -0.2) is 36.8 Å². The van der Waals surface area contributed by atoms with Gasteiger partial charge in [0.1, 0.15) is 5.00 Å². The molecule has 0 aliphatic heterocycles. The molecule has 0 saturated heterocycles. The molecular formula is C21H24N2O4S. The number of nitrogens with zero attached hydrogens (tertiary/aromatic N) is 1. The summed E-state index contributed by atoms with van der Waals surface area (Å²) in [6, 6.07) is 8.92. The third-order valence-corrected chi connectivity index (χ3v) is 5.89. The van der Waals surface area contributed by atoms with Crippen molar-refractivity contribution in [2.24, 2.45) is 5.92 Å². The Bertz CT molecular complexity index is 901. The fourth-order valence-electron chi connectivity index (χ4n) is 2.81. The summed E-state index contributed by atoms with van der Waals surface area (Å²) >= 11 is 1.35. The highest BCUT2D eigenvalue weighted by molar-refractivity contribution is 7.16. The van der Waals surface area contributed by atoms with E-state index < -0.39 is 12.1 Å². The second kappa shape index (κ2) is 8.14. The molecule has 2 amide bonds. The van der Waals surface area contributed by atoms with Gasteiger partial charge in [-0.25, -0.2) is 4.79 Å². The second-order valence-electron chi connectivity index (χ2n) is 7.18. The number of rotatable bonds is 6. The number of anilines is 1. The lowest BCUT2D eigenvalue weighted by Gasteiger charge is -2.21. The summed E-state index contributed by atoms with van der Waals surface area (Å²) in [5.74, 6) is -0.983. The normalized spacial score (nSPS) is 14.3. The zero-order valence-corrected chi connectivity index (χ0v) is 17.3. The van der Waals surface area contributed by atoms with Gasteiger partial charge in [0.05, 0.1) is 5.56 Å². The van der Waals surface area contributed by atoms with Crippen molar-refractivity contribution in [2.45, 2.75) is 32.8 Å². The van der Waals surface area contributed by atoms with E-state index in [1.165, 1.54) is 16.2 Å². The van der Waals surface area contributed by atoms with Crippen molar-refractivity contribution in [2.75, 3.05) is 19.4 Å². The first-order chi connectivity index (χ1) is 13.3. The molecule has 1 heterocycles. The quantitative estimate of drug-likeness (QED) is 0.750. The van der Waals surface area contributed by atoms with Gasteiger partial charge >= 0.3 is 5.97 Å². The number of benzene rings is 1. The Labute approximate surface area is 168 Å². The molecule has 0 radical (unpaired) electrons. The summed E-state index contributed by atoms with van der Waals surface area (Å²) in [7, 11) is 3.24. The van der Waals surface area contributed by atoms with E-state index in [9.17, 15) is 14.4 Å². The first-order valence-corrected chi connectivity index (χ1v) is 9.99. The van der Waals surface area contributed by atoms with Crippen LogP contribution in [0, 0.1) is 19.8 Å². The van der Waals surface area contributed by atoms with Gasteiger partial charge in [0.2, 0.25) is 12.0 Å². The average Bonchev–Trinajstić information content (AvgIpc) is 3.47. The molecule has 0 spiro atoms. The van der Waals surface area contributed by atoms with Crippen LogP contribution < -0.4 is 5.32 Å². The Morgan fingerprint density at radius 2 is 1.79 bits per heavy atom. The van der Waals surface area contributed by atoms with E-state index in [2.05, 4.69) is 5.32 Å². The maximum absolute atomic E-state index is 13.0. The van der Waals surface area contributed by atoms with Crippen LogP contribution in [0.15, 0.2) is 30.3 Å². The molecule has 1 N–H and O–H groups in total. The summed E-state index contributed by atoms with van der Waals surface area (Å²) in [6.07, 6.45) is 0.709. The number of thiophene rings is 1. The Morgan fingerprint density at radius 1 is 1.14 bits per heavy atom. The lowest BCUT2D eigenvalue weighted by atomic mass is 10.1. The van der Waals surface area contributed by atoms with Gasteiger partial charge in [0.25, 0.3) is 5.91 Å². The molecule has 148 valence electrons. The van der Waals surface area contributed by atoms with E-state index in [0.29, 0.717) is 16.1 Å². The van der Waals surface area contributed by atoms with Gasteiger partial charge in [0.15, 0.2) is 0 Å². The largest absolute Gasteiger partial charge is 0.444 e. The van der Waals surface area contributed by atoms with Crippen LogP contribution in [0.4, 0.5) is 5.00 Å². The van der Waals surface area contributed by atoms with Gasteiger partial charge in [-0.3, -0.25) is 9.59 Å². The van der Waals surface area contributed by atoms with E-state index in [0.717, 1.165) is 23.3 Å². The van der Waals surface area contributed by atoms with Crippen molar-refractivity contribution in [3.8, 4) is 0 Å². The Hall–Kier alpha value is -2.67. The highest BCUT2D eigenvalue weighted by Gasteiger charge is 2.33. The predicted octanol–water partition coefficient (Wildman–Crippen LogP) is 3.70. The molecule has 1 fully saturated rings. The molecule has 6 nitrogen and oxygen atoms in total. The van der Waals surface area contributed by atoms with Crippen LogP contribution in [0.5, 0.6) is 0 Å². The topological polar surface area (TPSA) is 75.7 Å². The van der Waals surface area contributed by atoms with Gasteiger partial charge in [-0.15, -0.1) is 11.3 Å². The number of hydrogen-bond donors (Lipinski definition) is 1. The minimum atomic E-state index is -1.05. The number of likely N-dealkylation sites (N-methyl/N-ethyl adjacent to an activating group) is 1. The molecule has 7 heteroatoms. The summed E-state index contributed by atoms with van der Waals surface area (Å²) in [5, 5.41) is 3.35. The van der Waals surface area contributed by atoms with Gasteiger partial charge < -0.3 is 15.0 Å². The zero-order chi connectivity index (χ0) is 20.4. The summed E-state index contributed by atoms with van der Waals surface area (Å²) in [4.78, 5) is 40.2. The van der Waals surface area contributed by atoms with Gasteiger partial charge in [0, 0.05) is 30.5 Å². The number of carbonyl (C=O) groups is 3. The second-order valence-corrected chi connectivity index (χ2v) is 8.40. The van der Waals surface area contributed by atoms with Crippen molar-refractivity contribution in [1.29, 1.82) is 0 Å². The van der Waals surface area contributed by atoms with Gasteiger partial charge in [-0.05, 0) is 32.3 Å². The Morgan fingerprint density at radius 3 is 2.36 bits per heavy atom. The zero-order valence-electron chi connectivity index (χ0n) is 16.4. The molecule has 0 bridgehead atoms. The number of nitrogens with one attached hydrogen (secondary N) is 1. The van der Waals surface area contributed by atoms with Crippen molar-refractivity contribution < 1.29 is 19.1 Å². The predicted molar refractivity (Wildman–Crippen MR) is 108 cm³/mol. The molecule has 1 aliphatic carbocycles. The Kier molecular flexibility index (Phi) is 5.84. The van der Waals surface area contributed by atoms with Crippen molar-refractivity contribution in [3.05, 3.63) is 51.9 Å². The lowest BCUT2D eigenvalue weighted by Crippen LogP contribution is -2.31. The standard InChI is InChI=1S/C21H24N2O4S/c1-12-13(2)28-19(22-18(24)15-10-11-15)16(12)21(26)27-17(20(25)23(3)4)14-8-6-5-7-9-14/h5-9,15,17H,10-11H2,1-4H3,(H,22,24)/t17-/m1/s1. The fraction of sp³-hybridized carbons (Fsp3) is 0.381. The number of ether oxygens (including phenoxy) is 1. The smallest absolute Gasteiger partial charge is 0.342 e. The highest BCUT2D eigenvalue weighted by Crippen LogP contribution is 2.37. The van der Waals surface area contributed by atoms with Crippen LogP contribution in [0.2, 0.25) is 0 Å². The molecule has 3 rings (SSSR count). The van der Waals surface area contributed by atoms with Gasteiger partial charge in [-0.2, -0.15) is 0 Å². The molecule has 28 heavy (non-hydrogen) atoms. The minimum absolute atomic E-state index is 0.0268. The van der Waals surface area contributed by atoms with Crippen LogP contribution >= 0.6 is 11.3 Å². The maximum Gasteiger partial charge on any atom is 0.342 e. The molecule has 1 atom stereocenters. The first-order valence-electron chi connectivity index (χ1n) is 9.17. The van der Waals surface area contributed by atoms with Crippen molar-refractivity contribution in [3.63, 3.8) is 0 Å². The molecular weight excluding hydrogens is 376 g/mol. The van der Waals surface area contributed by atoms with Crippen molar-refractivity contribution in [1.82, 2.24) is 4.90 Å². The SMILES string of the molecule is Cc1sc(NC(=O)C2CC2)c(C(=O)O[C@@H](C(=O)N(C)C)c2ccccc2)c1C. The van der Waals surface area contributed by atoms with E-state index in [1.807, 2.05) is 19.9 Å². The average molecular weight is 401 g/mol. The molecule has 2 aromatic rings. The number of hydrogen-bond acceptors (Lipinski definition) is 5. The Balaban J connectivity index is 1.89. The fourth-order valence-corrected chi connectivity index (χ4v) is 3.86. The van der Waals surface area contributed by atoms with Crippen LogP contribution in [-0.2, 0) is 14.3 Å². The molecule has 1 saturated carbocycles. The van der Waals surface area contributed by atoms with E-state index in [4.69, 9.17) is 4.74 Å². The van der Waals surface area contributed by atoms with E-state index in [-0.39, 0.29) is 17.7 Å². The third kappa shape index (κ3) is 4.25. The van der Waals surface area contributed by atoms with Gasteiger partial charge in [-0.1, -0.05) is 30.3 Å². The summed E-state index contributed by atoms with van der Waals surface area (Å²) in [6.45, 7) is 3.71. The van der Waals surface area contributed by atoms with Crippen LogP contribution in [0.25, 0.3) is 0 Å². The van der Waals surface area contributed by atoms with E-state index in [1.54, 1.807) is 38.4 Å².